The third-order valence-electron chi connectivity index (χ3n) is 2.78. The number of carbonyl (C=O) groups excluding carboxylic acids is 1. The number of rotatable bonds is 6. The Morgan fingerprint density at radius 2 is 1.95 bits per heavy atom. The summed E-state index contributed by atoms with van der Waals surface area (Å²) in [6, 6.07) is 5.69. The highest BCUT2D eigenvalue weighted by Crippen LogP contribution is 2.29. The number of amides is 1. The van der Waals surface area contributed by atoms with E-state index in [4.69, 9.17) is 9.47 Å². The second-order valence-corrected chi connectivity index (χ2v) is 6.01. The second kappa shape index (κ2) is 7.31. The maximum atomic E-state index is 12.1. The maximum absolute atomic E-state index is 12.1. The first-order chi connectivity index (χ1) is 9.76. The van der Waals surface area contributed by atoms with Crippen molar-refractivity contribution in [2.24, 2.45) is 0 Å². The Balaban J connectivity index is 2.84. The molecule has 0 spiro atoms. The van der Waals surface area contributed by atoms with Crippen LogP contribution >= 0.6 is 0 Å². The lowest BCUT2D eigenvalue weighted by Crippen LogP contribution is -2.46. The molecule has 1 aromatic carbocycles. The summed E-state index contributed by atoms with van der Waals surface area (Å²) in [5.41, 5.74) is 0.781. The van der Waals surface area contributed by atoms with Gasteiger partial charge < -0.3 is 20.1 Å². The van der Waals surface area contributed by atoms with Gasteiger partial charge in [0, 0.05) is 12.1 Å². The Morgan fingerprint density at radius 3 is 2.48 bits per heavy atom. The molecule has 1 rings (SSSR count). The van der Waals surface area contributed by atoms with E-state index in [0.29, 0.717) is 11.5 Å². The quantitative estimate of drug-likeness (QED) is 0.843. The van der Waals surface area contributed by atoms with Gasteiger partial charge in [0.25, 0.3) is 5.91 Å². The van der Waals surface area contributed by atoms with Crippen LogP contribution in [0.1, 0.15) is 33.3 Å². The lowest BCUT2D eigenvalue weighted by molar-refractivity contribution is -0.128. The van der Waals surface area contributed by atoms with Gasteiger partial charge in [0.05, 0.1) is 7.11 Å². The molecule has 0 saturated heterocycles. The van der Waals surface area contributed by atoms with Crippen LogP contribution in [-0.4, -0.2) is 31.7 Å². The third kappa shape index (κ3) is 5.63. The summed E-state index contributed by atoms with van der Waals surface area (Å²) in [4.78, 5) is 12.1. The van der Waals surface area contributed by atoms with Crippen molar-refractivity contribution >= 4 is 5.91 Å². The SMILES string of the molecule is CNCc1ccc(OC)c(OC(C)C(=O)NC(C)(C)C)c1. The average molecular weight is 294 g/mol. The van der Waals surface area contributed by atoms with Crippen molar-refractivity contribution in [2.75, 3.05) is 14.2 Å². The van der Waals surface area contributed by atoms with E-state index in [-0.39, 0.29) is 11.4 Å². The molecule has 0 aliphatic carbocycles. The summed E-state index contributed by atoms with van der Waals surface area (Å²) in [7, 11) is 3.46. The van der Waals surface area contributed by atoms with Gasteiger partial charge in [-0.15, -0.1) is 0 Å². The molecule has 5 heteroatoms. The summed E-state index contributed by atoms with van der Waals surface area (Å²) < 4.78 is 11.0. The summed E-state index contributed by atoms with van der Waals surface area (Å²) in [6.07, 6.45) is -0.594. The van der Waals surface area contributed by atoms with Gasteiger partial charge in [-0.05, 0) is 52.4 Å². The van der Waals surface area contributed by atoms with Crippen LogP contribution in [0.15, 0.2) is 18.2 Å². The zero-order valence-corrected chi connectivity index (χ0v) is 13.7. The van der Waals surface area contributed by atoms with E-state index in [1.165, 1.54) is 0 Å². The number of hydrogen-bond acceptors (Lipinski definition) is 4. The molecular weight excluding hydrogens is 268 g/mol. The average Bonchev–Trinajstić information content (AvgIpc) is 2.37. The van der Waals surface area contributed by atoms with Crippen molar-refractivity contribution in [1.82, 2.24) is 10.6 Å². The molecule has 2 N–H and O–H groups in total. The van der Waals surface area contributed by atoms with Crippen molar-refractivity contribution in [2.45, 2.75) is 45.9 Å². The fraction of sp³-hybridized carbons (Fsp3) is 0.562. The zero-order chi connectivity index (χ0) is 16.0. The molecule has 5 nitrogen and oxygen atoms in total. The normalized spacial score (nSPS) is 12.7. The number of nitrogens with one attached hydrogen (secondary N) is 2. The van der Waals surface area contributed by atoms with Crippen molar-refractivity contribution in [3.05, 3.63) is 23.8 Å². The molecular formula is C16H26N2O3. The van der Waals surface area contributed by atoms with Crippen LogP contribution < -0.4 is 20.1 Å². The van der Waals surface area contributed by atoms with Crippen LogP contribution in [-0.2, 0) is 11.3 Å². The van der Waals surface area contributed by atoms with Crippen LogP contribution in [0.2, 0.25) is 0 Å². The minimum atomic E-state index is -0.594. The van der Waals surface area contributed by atoms with E-state index in [1.54, 1.807) is 14.0 Å². The van der Waals surface area contributed by atoms with Gasteiger partial charge in [0.15, 0.2) is 17.6 Å². The summed E-state index contributed by atoms with van der Waals surface area (Å²) >= 11 is 0. The molecule has 0 bridgehead atoms. The fourth-order valence-electron chi connectivity index (χ4n) is 1.84. The van der Waals surface area contributed by atoms with E-state index in [2.05, 4.69) is 10.6 Å². The largest absolute Gasteiger partial charge is 0.493 e. The van der Waals surface area contributed by atoms with E-state index >= 15 is 0 Å². The number of benzene rings is 1. The molecule has 0 fully saturated rings. The van der Waals surface area contributed by atoms with E-state index < -0.39 is 6.10 Å². The third-order valence-corrected chi connectivity index (χ3v) is 2.78. The van der Waals surface area contributed by atoms with Crippen LogP contribution in [0.3, 0.4) is 0 Å². The molecule has 118 valence electrons. The first kappa shape index (κ1) is 17.3. The standard InChI is InChI=1S/C16H26N2O3/c1-11(15(19)18-16(2,3)4)21-14-9-12(10-17-5)7-8-13(14)20-6/h7-9,11,17H,10H2,1-6H3,(H,18,19). The molecule has 0 aromatic heterocycles. The summed E-state index contributed by atoms with van der Waals surface area (Å²) in [5, 5.41) is 5.98. The van der Waals surface area contributed by atoms with E-state index in [0.717, 1.165) is 12.1 Å². The second-order valence-electron chi connectivity index (χ2n) is 6.01. The van der Waals surface area contributed by atoms with Gasteiger partial charge in [0.1, 0.15) is 0 Å². The highest BCUT2D eigenvalue weighted by Gasteiger charge is 2.21. The molecule has 0 aliphatic heterocycles. The van der Waals surface area contributed by atoms with Gasteiger partial charge in [-0.1, -0.05) is 6.07 Å². The summed E-state index contributed by atoms with van der Waals surface area (Å²) in [5.74, 6) is 1.04. The van der Waals surface area contributed by atoms with Gasteiger partial charge in [0.2, 0.25) is 0 Å². The smallest absolute Gasteiger partial charge is 0.261 e. The fourth-order valence-corrected chi connectivity index (χ4v) is 1.84. The Labute approximate surface area is 127 Å². The van der Waals surface area contributed by atoms with E-state index in [9.17, 15) is 4.79 Å². The van der Waals surface area contributed by atoms with Crippen LogP contribution in [0.5, 0.6) is 11.5 Å². The molecule has 1 atom stereocenters. The number of hydrogen-bond donors (Lipinski definition) is 2. The van der Waals surface area contributed by atoms with E-state index in [1.807, 2.05) is 46.0 Å². The Hall–Kier alpha value is -1.75. The molecule has 1 amide bonds. The number of ether oxygens (including phenoxy) is 2. The monoisotopic (exact) mass is 294 g/mol. The minimum absolute atomic E-state index is 0.149. The topological polar surface area (TPSA) is 59.6 Å². The van der Waals surface area contributed by atoms with Crippen molar-refractivity contribution in [1.29, 1.82) is 0 Å². The number of methoxy groups -OCH3 is 1. The van der Waals surface area contributed by atoms with Crippen LogP contribution in [0.25, 0.3) is 0 Å². The van der Waals surface area contributed by atoms with Crippen molar-refractivity contribution < 1.29 is 14.3 Å². The maximum Gasteiger partial charge on any atom is 0.261 e. The first-order valence-electron chi connectivity index (χ1n) is 7.07. The zero-order valence-electron chi connectivity index (χ0n) is 13.7. The van der Waals surface area contributed by atoms with Gasteiger partial charge in [-0.3, -0.25) is 4.79 Å². The highest BCUT2D eigenvalue weighted by molar-refractivity contribution is 5.81. The molecule has 0 radical (unpaired) electrons. The predicted octanol–water partition coefficient (Wildman–Crippen LogP) is 2.10. The van der Waals surface area contributed by atoms with Crippen molar-refractivity contribution in [3.63, 3.8) is 0 Å². The number of carbonyl (C=O) groups is 1. The van der Waals surface area contributed by atoms with Gasteiger partial charge >= 0.3 is 0 Å². The molecule has 1 unspecified atom stereocenters. The molecule has 0 heterocycles. The minimum Gasteiger partial charge on any atom is -0.493 e. The Bertz CT molecular complexity index is 481. The predicted molar refractivity (Wildman–Crippen MR) is 83.7 cm³/mol. The van der Waals surface area contributed by atoms with Crippen LogP contribution in [0, 0.1) is 0 Å². The highest BCUT2D eigenvalue weighted by atomic mass is 16.5. The van der Waals surface area contributed by atoms with Crippen molar-refractivity contribution in [3.8, 4) is 11.5 Å². The first-order valence-corrected chi connectivity index (χ1v) is 7.07. The molecule has 0 saturated carbocycles. The Kier molecular flexibility index (Phi) is 6.03. The lowest BCUT2D eigenvalue weighted by atomic mass is 10.1. The van der Waals surface area contributed by atoms with Crippen LogP contribution in [0.4, 0.5) is 0 Å². The molecule has 1 aromatic rings. The van der Waals surface area contributed by atoms with Gasteiger partial charge in [-0.25, -0.2) is 0 Å². The molecule has 0 aliphatic rings. The Morgan fingerprint density at radius 1 is 1.29 bits per heavy atom. The molecule has 21 heavy (non-hydrogen) atoms. The summed E-state index contributed by atoms with van der Waals surface area (Å²) in [6.45, 7) is 8.26. The van der Waals surface area contributed by atoms with Gasteiger partial charge in [-0.2, -0.15) is 0 Å². The lowest BCUT2D eigenvalue weighted by Gasteiger charge is -2.24.